The molecule has 0 saturated carbocycles. The number of carbonyl (C=O) groups excluding carboxylic acids is 1. The van der Waals surface area contributed by atoms with Crippen LogP contribution in [0.4, 0.5) is 0 Å². The molecule has 9 heteroatoms. The van der Waals surface area contributed by atoms with E-state index in [1.807, 2.05) is 72.8 Å². The van der Waals surface area contributed by atoms with Gasteiger partial charge < -0.3 is 29.9 Å². The maximum atomic E-state index is 12.9. The SMILES string of the molecule is CC[C@@H](Cc1ccc2[nH]c(C(=O)NCc3ccc(Cl)cc3)cc2c1)NC[C@@H](O[Si](C)(C)C(C)(C)C)c1ccc(OCc2ccccc2)c(CO)c1. The number of fused-ring (bicyclic) bond motifs is 1. The summed E-state index contributed by atoms with van der Waals surface area (Å²) in [4.78, 5) is 16.2. The van der Waals surface area contributed by atoms with Crippen molar-refractivity contribution in [3.8, 4) is 5.75 Å². The molecule has 0 aliphatic rings. The van der Waals surface area contributed by atoms with Crippen LogP contribution in [0.1, 0.15) is 78.5 Å². The molecule has 270 valence electrons. The summed E-state index contributed by atoms with van der Waals surface area (Å²) in [6.07, 6.45) is 1.57. The number of H-pyrrole nitrogens is 1. The van der Waals surface area contributed by atoms with E-state index >= 15 is 0 Å². The number of ether oxygens (including phenoxy) is 1. The number of aliphatic hydroxyl groups is 1. The number of hydrogen-bond acceptors (Lipinski definition) is 5. The van der Waals surface area contributed by atoms with E-state index in [2.05, 4.69) is 80.7 Å². The lowest BCUT2D eigenvalue weighted by Crippen LogP contribution is -2.44. The first-order valence-electron chi connectivity index (χ1n) is 17.8. The minimum atomic E-state index is -2.15. The number of aliphatic hydroxyl groups excluding tert-OH is 1. The molecule has 0 spiro atoms. The summed E-state index contributed by atoms with van der Waals surface area (Å²) >= 11 is 5.99. The summed E-state index contributed by atoms with van der Waals surface area (Å²) in [7, 11) is -2.15. The summed E-state index contributed by atoms with van der Waals surface area (Å²) in [5, 5.41) is 18.9. The van der Waals surface area contributed by atoms with Crippen molar-refractivity contribution in [2.24, 2.45) is 0 Å². The van der Waals surface area contributed by atoms with Crippen molar-refractivity contribution < 1.29 is 19.1 Å². The van der Waals surface area contributed by atoms with Crippen LogP contribution in [-0.2, 0) is 30.6 Å². The first kappa shape index (κ1) is 38.3. The Morgan fingerprint density at radius 1 is 0.922 bits per heavy atom. The number of benzene rings is 4. The molecule has 1 aromatic heterocycles. The average Bonchev–Trinajstić information content (AvgIpc) is 3.55. The van der Waals surface area contributed by atoms with Crippen LogP contribution >= 0.6 is 11.6 Å². The Morgan fingerprint density at radius 2 is 1.65 bits per heavy atom. The number of amides is 1. The van der Waals surface area contributed by atoms with Crippen LogP contribution in [0.3, 0.4) is 0 Å². The summed E-state index contributed by atoms with van der Waals surface area (Å²) < 4.78 is 13.2. The average molecular weight is 726 g/mol. The number of aromatic nitrogens is 1. The Morgan fingerprint density at radius 3 is 2.33 bits per heavy atom. The predicted octanol–water partition coefficient (Wildman–Crippen LogP) is 9.50. The molecule has 5 aromatic rings. The maximum Gasteiger partial charge on any atom is 0.267 e. The predicted molar refractivity (Wildman–Crippen MR) is 211 cm³/mol. The molecular formula is C42H52ClN3O4Si. The number of hydrogen-bond donors (Lipinski definition) is 4. The van der Waals surface area contributed by atoms with E-state index in [4.69, 9.17) is 20.8 Å². The van der Waals surface area contributed by atoms with Crippen LogP contribution in [0.15, 0.2) is 97.1 Å². The standard InChI is InChI=1S/C42H52ClN3O4Si/c1-7-36(22-31-15-19-37-33(21-31)24-38(46-37)41(48)45-25-29-13-17-35(43)18-14-29)44-26-40(50-51(5,6)42(2,3)4)32-16-20-39(34(23-32)27-47)49-28-30-11-9-8-10-12-30/h8-21,23-24,36,40,44,46-47H,7,22,25-28H2,1-6H3,(H,45,48)/t36-,40+/m0/s1. The van der Waals surface area contributed by atoms with Crippen molar-refractivity contribution >= 4 is 36.7 Å². The highest BCUT2D eigenvalue weighted by molar-refractivity contribution is 6.74. The number of halogens is 1. The van der Waals surface area contributed by atoms with E-state index in [0.29, 0.717) is 36.2 Å². The fraction of sp³-hybridized carbons (Fsp3) is 0.357. The van der Waals surface area contributed by atoms with Gasteiger partial charge in [0.25, 0.3) is 5.91 Å². The normalized spacial score (nSPS) is 13.3. The minimum absolute atomic E-state index is 0.0333. The molecule has 1 heterocycles. The summed E-state index contributed by atoms with van der Waals surface area (Å²) in [6.45, 7) is 14.9. The summed E-state index contributed by atoms with van der Waals surface area (Å²) in [5.41, 5.74) is 6.48. The molecule has 0 radical (unpaired) electrons. The zero-order valence-corrected chi connectivity index (χ0v) is 32.4. The Labute approximate surface area is 308 Å². The van der Waals surface area contributed by atoms with Crippen LogP contribution in [-0.4, -0.2) is 36.9 Å². The Hall–Kier alpha value is -3.92. The van der Waals surface area contributed by atoms with E-state index in [1.165, 1.54) is 5.56 Å². The Bertz CT molecular complexity index is 1890. The molecule has 0 bridgehead atoms. The third-order valence-electron chi connectivity index (χ3n) is 9.97. The van der Waals surface area contributed by atoms with Crippen molar-refractivity contribution in [1.29, 1.82) is 0 Å². The van der Waals surface area contributed by atoms with Gasteiger partial charge in [-0.15, -0.1) is 0 Å². The highest BCUT2D eigenvalue weighted by Crippen LogP contribution is 2.40. The lowest BCUT2D eigenvalue weighted by atomic mass is 10.0. The molecule has 51 heavy (non-hydrogen) atoms. The van der Waals surface area contributed by atoms with Gasteiger partial charge in [-0.2, -0.15) is 0 Å². The van der Waals surface area contributed by atoms with Gasteiger partial charge in [0, 0.05) is 40.6 Å². The van der Waals surface area contributed by atoms with Gasteiger partial charge in [0.2, 0.25) is 0 Å². The van der Waals surface area contributed by atoms with Crippen molar-refractivity contribution in [3.63, 3.8) is 0 Å². The zero-order valence-electron chi connectivity index (χ0n) is 30.7. The molecule has 5 rings (SSSR count). The van der Waals surface area contributed by atoms with Gasteiger partial charge in [-0.3, -0.25) is 4.79 Å². The van der Waals surface area contributed by atoms with Crippen molar-refractivity contribution in [2.45, 2.75) is 90.6 Å². The van der Waals surface area contributed by atoms with E-state index in [9.17, 15) is 9.90 Å². The van der Waals surface area contributed by atoms with Crippen LogP contribution in [0.2, 0.25) is 23.2 Å². The number of rotatable bonds is 16. The monoisotopic (exact) mass is 725 g/mol. The fourth-order valence-electron chi connectivity index (χ4n) is 5.79. The quantitative estimate of drug-likeness (QED) is 0.0761. The summed E-state index contributed by atoms with van der Waals surface area (Å²) in [6, 6.07) is 32.0. The number of nitrogens with one attached hydrogen (secondary N) is 3. The second-order valence-corrected chi connectivity index (χ2v) is 20.0. The number of aromatic amines is 1. The van der Waals surface area contributed by atoms with E-state index < -0.39 is 8.32 Å². The molecule has 1 amide bonds. The van der Waals surface area contributed by atoms with Gasteiger partial charge in [-0.05, 0) is 95.7 Å². The molecule has 0 saturated heterocycles. The van der Waals surface area contributed by atoms with E-state index in [-0.39, 0.29) is 29.7 Å². The van der Waals surface area contributed by atoms with Crippen molar-refractivity contribution in [3.05, 3.63) is 136 Å². The third-order valence-corrected chi connectivity index (χ3v) is 14.7. The fourth-order valence-corrected chi connectivity index (χ4v) is 7.20. The van der Waals surface area contributed by atoms with E-state index in [0.717, 1.165) is 46.0 Å². The highest BCUT2D eigenvalue weighted by Gasteiger charge is 2.39. The first-order valence-corrected chi connectivity index (χ1v) is 21.1. The van der Waals surface area contributed by atoms with E-state index in [1.54, 1.807) is 0 Å². The molecule has 0 aliphatic carbocycles. The number of carbonyl (C=O) groups is 1. The molecule has 7 nitrogen and oxygen atoms in total. The largest absolute Gasteiger partial charge is 0.489 e. The zero-order chi connectivity index (χ0) is 36.6. The van der Waals surface area contributed by atoms with Crippen molar-refractivity contribution in [1.82, 2.24) is 15.6 Å². The molecule has 2 atom stereocenters. The summed E-state index contributed by atoms with van der Waals surface area (Å²) in [5.74, 6) is 0.529. The molecule has 0 fully saturated rings. The van der Waals surface area contributed by atoms with Crippen LogP contribution in [0, 0.1) is 0 Å². The van der Waals surface area contributed by atoms with Crippen LogP contribution < -0.4 is 15.4 Å². The lowest BCUT2D eigenvalue weighted by Gasteiger charge is -2.40. The minimum Gasteiger partial charge on any atom is -0.489 e. The van der Waals surface area contributed by atoms with Gasteiger partial charge in [0.15, 0.2) is 8.32 Å². The first-order chi connectivity index (χ1) is 24.3. The van der Waals surface area contributed by atoms with Crippen LogP contribution in [0.25, 0.3) is 10.9 Å². The Kier molecular flexibility index (Phi) is 12.8. The Balaban J connectivity index is 1.27. The second-order valence-electron chi connectivity index (χ2n) is 14.8. The molecule has 0 unspecified atom stereocenters. The van der Waals surface area contributed by atoms with Crippen molar-refractivity contribution in [2.75, 3.05) is 6.54 Å². The lowest BCUT2D eigenvalue weighted by molar-refractivity contribution is 0.0946. The molecule has 4 aromatic carbocycles. The van der Waals surface area contributed by atoms with Gasteiger partial charge in [-0.25, -0.2) is 0 Å². The topological polar surface area (TPSA) is 95.6 Å². The molecule has 0 aliphatic heterocycles. The van der Waals surface area contributed by atoms with Crippen LogP contribution in [0.5, 0.6) is 5.75 Å². The van der Waals surface area contributed by atoms with Gasteiger partial charge in [0.05, 0.1) is 12.7 Å². The van der Waals surface area contributed by atoms with Gasteiger partial charge >= 0.3 is 0 Å². The molecule has 4 N–H and O–H groups in total. The van der Waals surface area contributed by atoms with Gasteiger partial charge in [-0.1, -0.05) is 93.9 Å². The second kappa shape index (κ2) is 17.1. The molecular weight excluding hydrogens is 674 g/mol. The maximum absolute atomic E-state index is 12.9. The highest BCUT2D eigenvalue weighted by atomic mass is 35.5. The smallest absolute Gasteiger partial charge is 0.267 e. The third kappa shape index (κ3) is 10.3. The van der Waals surface area contributed by atoms with Gasteiger partial charge in [0.1, 0.15) is 18.1 Å².